The lowest BCUT2D eigenvalue weighted by Crippen LogP contribution is -3.13. The molecule has 0 amide bonds. The maximum absolute atomic E-state index is 6.25. The van der Waals surface area contributed by atoms with Gasteiger partial charge < -0.3 is 16.7 Å². The molecule has 1 aliphatic heterocycles. The summed E-state index contributed by atoms with van der Waals surface area (Å²) in [6.07, 6.45) is 19.0. The smallest absolute Gasteiger partial charge is 0.0799 e. The van der Waals surface area contributed by atoms with Gasteiger partial charge in [0.15, 0.2) is 0 Å². The summed E-state index contributed by atoms with van der Waals surface area (Å²) < 4.78 is 0. The maximum atomic E-state index is 6.25. The summed E-state index contributed by atoms with van der Waals surface area (Å²) in [5.74, 6) is 1.04. The highest BCUT2D eigenvalue weighted by Crippen LogP contribution is 2.13. The van der Waals surface area contributed by atoms with Crippen molar-refractivity contribution in [2.24, 2.45) is 5.92 Å². The fourth-order valence-electron chi connectivity index (χ4n) is 3.82. The molecule has 1 saturated heterocycles. The first-order chi connectivity index (χ1) is 10.9. The van der Waals surface area contributed by atoms with E-state index in [0.717, 1.165) is 5.92 Å². The number of quaternary nitrogens is 1. The number of nitrogens with one attached hydrogen (secondary N) is 1. The van der Waals surface area contributed by atoms with Gasteiger partial charge in [-0.2, -0.15) is 0 Å². The summed E-state index contributed by atoms with van der Waals surface area (Å²) in [5, 5.41) is 6.25. The van der Waals surface area contributed by atoms with Gasteiger partial charge in [-0.3, -0.25) is 0 Å². The van der Waals surface area contributed by atoms with Crippen LogP contribution in [-0.4, -0.2) is 19.6 Å². The summed E-state index contributed by atoms with van der Waals surface area (Å²) in [6.45, 7) is 13.8. The molecule has 0 aliphatic carbocycles. The molecular formula is C20H40N2. The normalized spacial score (nSPS) is 21.1. The number of piperidine rings is 1. The molecule has 0 aromatic rings. The van der Waals surface area contributed by atoms with Crippen molar-refractivity contribution in [3.8, 4) is 0 Å². The minimum Gasteiger partial charge on any atom is -0.512 e. The lowest BCUT2D eigenvalue weighted by atomic mass is 9.93. The highest BCUT2D eigenvalue weighted by molar-refractivity contribution is 4.61. The van der Waals surface area contributed by atoms with E-state index in [2.05, 4.69) is 13.8 Å². The third kappa shape index (κ3) is 12.0. The maximum Gasteiger partial charge on any atom is 0.0799 e. The largest absolute Gasteiger partial charge is 0.512 e. The number of likely N-dealkylation sites (tertiary alicyclic amines) is 1. The van der Waals surface area contributed by atoms with Crippen LogP contribution in [0.15, 0.2) is 0 Å². The molecule has 130 valence electrons. The Balaban J connectivity index is 0.00000211. The second-order valence-corrected chi connectivity index (χ2v) is 7.08. The molecule has 0 aromatic carbocycles. The van der Waals surface area contributed by atoms with Gasteiger partial charge in [-0.15, -0.1) is 0 Å². The molecule has 0 bridgehead atoms. The van der Waals surface area contributed by atoms with Crippen LogP contribution in [-0.2, 0) is 0 Å². The van der Waals surface area contributed by atoms with Gasteiger partial charge in [0.05, 0.1) is 19.6 Å². The van der Waals surface area contributed by atoms with Gasteiger partial charge in [0.25, 0.3) is 0 Å². The quantitative estimate of drug-likeness (QED) is 0.410. The zero-order chi connectivity index (χ0) is 16.5. The topological polar surface area (TPSA) is 28.2 Å². The first-order valence-corrected chi connectivity index (χ1v) is 9.92. The molecule has 1 fully saturated rings. The molecule has 0 radical (unpaired) electrons. The van der Waals surface area contributed by atoms with E-state index >= 15 is 0 Å². The first-order valence-electron chi connectivity index (χ1n) is 9.92. The Hall–Kier alpha value is -0.550. The third-order valence-corrected chi connectivity index (χ3v) is 5.05. The predicted molar refractivity (Wildman–Crippen MR) is 95.4 cm³/mol. The van der Waals surface area contributed by atoms with Gasteiger partial charge in [-0.25, -0.2) is 0 Å². The molecule has 1 heterocycles. The Morgan fingerprint density at radius 1 is 0.864 bits per heavy atom. The highest BCUT2D eigenvalue weighted by Gasteiger charge is 2.21. The van der Waals surface area contributed by atoms with E-state index in [0.29, 0.717) is 0 Å². The summed E-state index contributed by atoms with van der Waals surface area (Å²) in [4.78, 5) is 1.91. The number of hydrogen-bond acceptors (Lipinski definition) is 1. The molecule has 2 unspecified atom stereocenters. The van der Waals surface area contributed by atoms with Gasteiger partial charge in [0.1, 0.15) is 0 Å². The first kappa shape index (κ1) is 21.4. The van der Waals surface area contributed by atoms with Crippen molar-refractivity contribution in [2.75, 3.05) is 19.6 Å². The van der Waals surface area contributed by atoms with Crippen LogP contribution in [0.25, 0.3) is 0 Å². The SMILES string of the molecule is CCCCCCCCCCC[NH+]1CCCC(CCC)C1.[C-]#N. The molecule has 2 nitrogen and oxygen atoms in total. The minimum atomic E-state index is 1.04. The second-order valence-electron chi connectivity index (χ2n) is 7.08. The summed E-state index contributed by atoms with van der Waals surface area (Å²) in [5.41, 5.74) is 0. The molecule has 0 spiro atoms. The average Bonchev–Trinajstić information content (AvgIpc) is 2.56. The summed E-state index contributed by atoms with van der Waals surface area (Å²) in [6, 6.07) is 0. The van der Waals surface area contributed by atoms with Gasteiger partial charge in [-0.05, 0) is 32.1 Å². The Morgan fingerprint density at radius 2 is 1.45 bits per heavy atom. The number of unbranched alkanes of at least 4 members (excludes halogenated alkanes) is 8. The lowest BCUT2D eigenvalue weighted by molar-refractivity contribution is -0.909. The van der Waals surface area contributed by atoms with Crippen LogP contribution in [0.3, 0.4) is 0 Å². The predicted octanol–water partition coefficient (Wildman–Crippen LogP) is 4.71. The van der Waals surface area contributed by atoms with Gasteiger partial charge in [-0.1, -0.05) is 65.2 Å². The van der Waals surface area contributed by atoms with E-state index in [9.17, 15) is 0 Å². The van der Waals surface area contributed by atoms with Crippen LogP contribution in [0.5, 0.6) is 0 Å². The zero-order valence-corrected chi connectivity index (χ0v) is 15.3. The molecule has 0 aromatic heterocycles. The van der Waals surface area contributed by atoms with E-state index < -0.39 is 0 Å². The molecule has 1 aliphatic rings. The molecule has 22 heavy (non-hydrogen) atoms. The number of hydrogen-bond donors (Lipinski definition) is 1. The van der Waals surface area contributed by atoms with Crippen LogP contribution >= 0.6 is 0 Å². The van der Waals surface area contributed by atoms with Crippen molar-refractivity contribution in [2.45, 2.75) is 97.3 Å². The van der Waals surface area contributed by atoms with E-state index in [-0.39, 0.29) is 0 Å². The Kier molecular flexibility index (Phi) is 16.4. The van der Waals surface area contributed by atoms with Gasteiger partial charge in [0.2, 0.25) is 0 Å². The molecule has 1 N–H and O–H groups in total. The van der Waals surface area contributed by atoms with Gasteiger partial charge >= 0.3 is 0 Å². The number of rotatable bonds is 12. The van der Waals surface area contributed by atoms with Crippen LogP contribution in [0, 0.1) is 17.8 Å². The standard InChI is InChI=1S/C19H39N.CN/c1-3-5-6-7-8-9-10-11-12-16-20-17-13-15-19(18-20)14-4-2;1-2/h19H,3-18H2,1-2H3;/q;-1/p+1. The second kappa shape index (κ2) is 16.8. The van der Waals surface area contributed by atoms with Crippen LogP contribution < -0.4 is 4.90 Å². The summed E-state index contributed by atoms with van der Waals surface area (Å²) >= 11 is 0. The van der Waals surface area contributed by atoms with Crippen molar-refractivity contribution >= 4 is 0 Å². The van der Waals surface area contributed by atoms with Crippen LogP contribution in [0.2, 0.25) is 0 Å². The Morgan fingerprint density at radius 3 is 2.05 bits per heavy atom. The minimum absolute atomic E-state index is 1.04. The highest BCUT2D eigenvalue weighted by atomic mass is 15.1. The van der Waals surface area contributed by atoms with Crippen LogP contribution in [0.1, 0.15) is 97.3 Å². The fourth-order valence-corrected chi connectivity index (χ4v) is 3.82. The lowest BCUT2D eigenvalue weighted by Gasteiger charge is -2.29. The van der Waals surface area contributed by atoms with Crippen molar-refractivity contribution in [3.63, 3.8) is 0 Å². The van der Waals surface area contributed by atoms with Crippen molar-refractivity contribution < 1.29 is 4.90 Å². The van der Waals surface area contributed by atoms with Crippen molar-refractivity contribution in [1.82, 2.24) is 0 Å². The molecule has 2 heteroatoms. The van der Waals surface area contributed by atoms with Gasteiger partial charge in [0, 0.05) is 5.92 Å². The Labute approximate surface area is 140 Å². The molecule has 2 atom stereocenters. The Bertz CT molecular complexity index is 235. The van der Waals surface area contributed by atoms with E-state index in [1.807, 2.05) is 4.90 Å². The van der Waals surface area contributed by atoms with E-state index in [1.54, 1.807) is 0 Å². The van der Waals surface area contributed by atoms with Crippen LogP contribution in [0.4, 0.5) is 0 Å². The van der Waals surface area contributed by atoms with E-state index in [1.165, 1.54) is 103 Å². The van der Waals surface area contributed by atoms with Crippen molar-refractivity contribution in [1.29, 1.82) is 5.26 Å². The zero-order valence-electron chi connectivity index (χ0n) is 15.3. The van der Waals surface area contributed by atoms with E-state index in [4.69, 9.17) is 11.8 Å². The monoisotopic (exact) mass is 308 g/mol. The number of nitrogens with zero attached hydrogens (tertiary/aromatic N) is 1. The fraction of sp³-hybridized carbons (Fsp3) is 0.950. The summed E-state index contributed by atoms with van der Waals surface area (Å²) in [7, 11) is 0. The third-order valence-electron chi connectivity index (χ3n) is 5.05. The molecular weight excluding hydrogens is 268 g/mol. The molecule has 1 rings (SSSR count). The average molecular weight is 309 g/mol. The van der Waals surface area contributed by atoms with Crippen molar-refractivity contribution in [3.05, 3.63) is 6.57 Å². The molecule has 0 saturated carbocycles.